The van der Waals surface area contributed by atoms with Crippen LogP contribution in [-0.2, 0) is 11.3 Å². The third-order valence-electron chi connectivity index (χ3n) is 2.80. The molecule has 1 aliphatic rings. The highest BCUT2D eigenvalue weighted by atomic mass is 35.5. The van der Waals surface area contributed by atoms with Gasteiger partial charge in [-0.15, -0.1) is 11.3 Å². The maximum Gasteiger partial charge on any atom is 0.491 e. The van der Waals surface area contributed by atoms with Crippen LogP contribution in [-0.4, -0.2) is 12.1 Å². The summed E-state index contributed by atoms with van der Waals surface area (Å²) < 4.78 is 19.5. The Morgan fingerprint density at radius 1 is 1.41 bits per heavy atom. The summed E-state index contributed by atoms with van der Waals surface area (Å²) in [6.07, 6.45) is 0. The largest absolute Gasteiger partial charge is 0.491 e. The molecule has 0 bridgehead atoms. The first-order valence-corrected chi connectivity index (χ1v) is 6.28. The number of benzene rings is 1. The van der Waals surface area contributed by atoms with Crippen LogP contribution in [0.2, 0.25) is 4.34 Å². The predicted octanol–water partition coefficient (Wildman–Crippen LogP) is 2.43. The van der Waals surface area contributed by atoms with Gasteiger partial charge in [0.05, 0.1) is 6.61 Å². The minimum atomic E-state index is -0.971. The second-order valence-electron chi connectivity index (χ2n) is 3.80. The lowest BCUT2D eigenvalue weighted by Crippen LogP contribution is -2.28. The fourth-order valence-electron chi connectivity index (χ4n) is 1.94. The fraction of sp³-hybridized carbons (Fsp3) is 0.0909. The molecule has 0 saturated carbocycles. The van der Waals surface area contributed by atoms with Crippen molar-refractivity contribution < 1.29 is 14.1 Å². The molecule has 1 aromatic carbocycles. The Kier molecular flexibility index (Phi) is 2.71. The Morgan fingerprint density at radius 2 is 2.24 bits per heavy atom. The molecule has 3 rings (SSSR count). The monoisotopic (exact) mass is 268 g/mol. The topological polar surface area (TPSA) is 29.5 Å². The Balaban J connectivity index is 2.19. The first-order chi connectivity index (χ1) is 8.16. The zero-order valence-electron chi connectivity index (χ0n) is 8.61. The van der Waals surface area contributed by atoms with Gasteiger partial charge >= 0.3 is 7.12 Å². The summed E-state index contributed by atoms with van der Waals surface area (Å²) in [6, 6.07) is 4.77. The van der Waals surface area contributed by atoms with E-state index < -0.39 is 7.12 Å². The first kappa shape index (κ1) is 11.2. The van der Waals surface area contributed by atoms with Gasteiger partial charge in [-0.05, 0) is 28.5 Å². The summed E-state index contributed by atoms with van der Waals surface area (Å²) in [7, 11) is -0.971. The van der Waals surface area contributed by atoms with Gasteiger partial charge in [0.2, 0.25) is 0 Å². The quantitative estimate of drug-likeness (QED) is 0.805. The highest BCUT2D eigenvalue weighted by Gasteiger charge is 2.29. The van der Waals surface area contributed by atoms with Crippen molar-refractivity contribution in [1.82, 2.24) is 0 Å². The van der Waals surface area contributed by atoms with E-state index in [0.717, 1.165) is 0 Å². The number of rotatable bonds is 1. The molecule has 0 atom stereocenters. The minimum Gasteiger partial charge on any atom is -0.423 e. The van der Waals surface area contributed by atoms with Gasteiger partial charge in [0, 0.05) is 11.1 Å². The van der Waals surface area contributed by atoms with E-state index in [1.165, 1.54) is 17.4 Å². The Labute approximate surface area is 107 Å². The van der Waals surface area contributed by atoms with E-state index >= 15 is 0 Å². The van der Waals surface area contributed by atoms with E-state index in [0.29, 0.717) is 26.5 Å². The van der Waals surface area contributed by atoms with Crippen LogP contribution in [0, 0.1) is 5.82 Å². The standard InChI is InChI=1S/C11H7BClFO2S/c13-11-7(1-2-17-11)8-4-9-6(3-10(8)14)5-16-12(9)15/h1-4,15H,5H2. The minimum absolute atomic E-state index is 0.241. The third-order valence-corrected chi connectivity index (χ3v) is 3.97. The van der Waals surface area contributed by atoms with Crippen molar-refractivity contribution in [2.75, 3.05) is 0 Å². The van der Waals surface area contributed by atoms with Crippen LogP contribution in [0.5, 0.6) is 0 Å². The lowest BCUT2D eigenvalue weighted by molar-refractivity contribution is 0.275. The van der Waals surface area contributed by atoms with E-state index in [2.05, 4.69) is 0 Å². The first-order valence-electron chi connectivity index (χ1n) is 5.02. The molecule has 0 amide bonds. The molecule has 86 valence electrons. The van der Waals surface area contributed by atoms with Gasteiger partial charge in [-0.25, -0.2) is 4.39 Å². The number of halogens is 2. The predicted molar refractivity (Wildman–Crippen MR) is 67.1 cm³/mol. The summed E-state index contributed by atoms with van der Waals surface area (Å²) in [5, 5.41) is 11.4. The molecule has 6 heteroatoms. The number of fused-ring (bicyclic) bond motifs is 1. The average Bonchev–Trinajstić information content (AvgIpc) is 2.85. The lowest BCUT2D eigenvalue weighted by Gasteiger charge is -2.05. The molecule has 2 aromatic rings. The third kappa shape index (κ3) is 1.79. The molecule has 0 fully saturated rings. The zero-order valence-corrected chi connectivity index (χ0v) is 10.2. The number of thiophene rings is 1. The maximum atomic E-state index is 13.9. The molecule has 0 saturated heterocycles. The van der Waals surface area contributed by atoms with Crippen LogP contribution in [0.3, 0.4) is 0 Å². The molecule has 1 N–H and O–H groups in total. The van der Waals surface area contributed by atoms with Gasteiger partial charge in [0.1, 0.15) is 10.2 Å². The van der Waals surface area contributed by atoms with Crippen LogP contribution in [0.25, 0.3) is 11.1 Å². The number of hydrogen-bond donors (Lipinski definition) is 1. The molecule has 2 nitrogen and oxygen atoms in total. The summed E-state index contributed by atoms with van der Waals surface area (Å²) >= 11 is 7.34. The van der Waals surface area contributed by atoms with Gasteiger partial charge in [-0.1, -0.05) is 17.7 Å². The second kappa shape index (κ2) is 4.10. The number of hydrogen-bond acceptors (Lipinski definition) is 3. The van der Waals surface area contributed by atoms with Gasteiger partial charge < -0.3 is 9.68 Å². The molecule has 0 aliphatic carbocycles. The van der Waals surface area contributed by atoms with Crippen molar-refractivity contribution >= 4 is 35.5 Å². The van der Waals surface area contributed by atoms with E-state index in [1.54, 1.807) is 17.5 Å². The van der Waals surface area contributed by atoms with Crippen molar-refractivity contribution in [3.8, 4) is 11.1 Å². The molecule has 1 aromatic heterocycles. The normalized spacial score (nSPS) is 14.2. The van der Waals surface area contributed by atoms with Gasteiger partial charge in [-0.3, -0.25) is 0 Å². The van der Waals surface area contributed by atoms with Gasteiger partial charge in [0.15, 0.2) is 0 Å². The van der Waals surface area contributed by atoms with Gasteiger partial charge in [-0.2, -0.15) is 0 Å². The molecule has 2 heterocycles. The molecular weight excluding hydrogens is 261 g/mol. The molecule has 17 heavy (non-hydrogen) atoms. The van der Waals surface area contributed by atoms with E-state index in [-0.39, 0.29) is 12.4 Å². The van der Waals surface area contributed by atoms with Crippen molar-refractivity contribution in [3.05, 3.63) is 39.3 Å². The Morgan fingerprint density at radius 3 is 2.94 bits per heavy atom. The summed E-state index contributed by atoms with van der Waals surface area (Å²) in [4.78, 5) is 0. The fourth-order valence-corrected chi connectivity index (χ4v) is 2.89. The van der Waals surface area contributed by atoms with Crippen LogP contribution in [0.1, 0.15) is 5.56 Å². The maximum absolute atomic E-state index is 13.9. The summed E-state index contributed by atoms with van der Waals surface area (Å²) in [5.41, 5.74) is 2.35. The summed E-state index contributed by atoms with van der Waals surface area (Å²) in [5.74, 6) is -0.346. The van der Waals surface area contributed by atoms with E-state index in [9.17, 15) is 9.41 Å². The molecular formula is C11H7BClFO2S. The van der Waals surface area contributed by atoms with Crippen molar-refractivity contribution in [1.29, 1.82) is 0 Å². The van der Waals surface area contributed by atoms with E-state index in [4.69, 9.17) is 16.3 Å². The Bertz CT molecular complexity index is 587. The lowest BCUT2D eigenvalue weighted by atomic mass is 9.78. The van der Waals surface area contributed by atoms with E-state index in [1.807, 2.05) is 0 Å². The van der Waals surface area contributed by atoms with Crippen molar-refractivity contribution in [2.24, 2.45) is 0 Å². The van der Waals surface area contributed by atoms with Crippen LogP contribution in [0.4, 0.5) is 4.39 Å². The molecule has 0 unspecified atom stereocenters. The highest BCUT2D eigenvalue weighted by molar-refractivity contribution is 7.15. The Hall–Kier alpha value is -0.875. The highest BCUT2D eigenvalue weighted by Crippen LogP contribution is 2.34. The van der Waals surface area contributed by atoms with Crippen LogP contribution in [0.15, 0.2) is 23.6 Å². The zero-order chi connectivity index (χ0) is 12.0. The van der Waals surface area contributed by atoms with Crippen molar-refractivity contribution in [3.63, 3.8) is 0 Å². The van der Waals surface area contributed by atoms with Crippen LogP contribution >= 0.6 is 22.9 Å². The average molecular weight is 269 g/mol. The van der Waals surface area contributed by atoms with Crippen molar-refractivity contribution in [2.45, 2.75) is 6.61 Å². The second-order valence-corrected chi connectivity index (χ2v) is 5.32. The molecule has 1 aliphatic heterocycles. The van der Waals surface area contributed by atoms with Gasteiger partial charge in [0.25, 0.3) is 0 Å². The smallest absolute Gasteiger partial charge is 0.423 e. The van der Waals surface area contributed by atoms with Crippen LogP contribution < -0.4 is 5.46 Å². The molecule has 0 radical (unpaired) electrons. The summed E-state index contributed by atoms with van der Waals surface area (Å²) in [6.45, 7) is 0.241. The molecule has 0 spiro atoms. The SMILES string of the molecule is OB1OCc2cc(F)c(-c3ccsc3Cl)cc21.